The SMILES string of the molecule is CC(OC(=O)c1cc(F)cc([N+](=O)[O-])c1)C(=O)c1ccc(Cl)cc1. The topological polar surface area (TPSA) is 86.5 Å². The van der Waals surface area contributed by atoms with Gasteiger partial charge in [0.2, 0.25) is 5.78 Å². The Morgan fingerprint density at radius 3 is 2.38 bits per heavy atom. The van der Waals surface area contributed by atoms with Gasteiger partial charge in [-0.1, -0.05) is 11.6 Å². The smallest absolute Gasteiger partial charge is 0.339 e. The van der Waals surface area contributed by atoms with Crippen LogP contribution in [0.2, 0.25) is 5.02 Å². The van der Waals surface area contributed by atoms with Gasteiger partial charge >= 0.3 is 5.97 Å². The number of hydrogen-bond acceptors (Lipinski definition) is 5. The number of nitro groups is 1. The molecule has 0 bridgehead atoms. The van der Waals surface area contributed by atoms with Crippen molar-refractivity contribution in [2.24, 2.45) is 0 Å². The minimum absolute atomic E-state index is 0.282. The molecule has 2 aromatic rings. The second kappa shape index (κ2) is 7.18. The lowest BCUT2D eigenvalue weighted by molar-refractivity contribution is -0.385. The maximum atomic E-state index is 13.4. The molecular weight excluding hydrogens is 341 g/mol. The van der Waals surface area contributed by atoms with E-state index in [9.17, 15) is 24.1 Å². The predicted octanol–water partition coefficient (Wildman–Crippen LogP) is 3.82. The number of Topliss-reactive ketones (excluding diaryl/α,β-unsaturated/α-hetero) is 1. The highest BCUT2D eigenvalue weighted by Gasteiger charge is 2.22. The third-order valence-corrected chi connectivity index (χ3v) is 3.36. The lowest BCUT2D eigenvalue weighted by Crippen LogP contribution is -2.24. The van der Waals surface area contributed by atoms with Gasteiger partial charge in [-0.2, -0.15) is 0 Å². The number of carbonyl (C=O) groups excluding carboxylic acids is 2. The van der Waals surface area contributed by atoms with Crippen molar-refractivity contribution in [2.75, 3.05) is 0 Å². The summed E-state index contributed by atoms with van der Waals surface area (Å²) in [6, 6.07) is 8.33. The lowest BCUT2D eigenvalue weighted by atomic mass is 10.1. The van der Waals surface area contributed by atoms with E-state index in [0.29, 0.717) is 11.1 Å². The molecular formula is C16H11ClFNO5. The van der Waals surface area contributed by atoms with Crippen LogP contribution in [0.5, 0.6) is 0 Å². The Morgan fingerprint density at radius 2 is 1.79 bits per heavy atom. The first-order chi connectivity index (χ1) is 11.3. The first kappa shape index (κ1) is 17.6. The van der Waals surface area contributed by atoms with Crippen LogP contribution in [-0.4, -0.2) is 22.8 Å². The molecule has 24 heavy (non-hydrogen) atoms. The van der Waals surface area contributed by atoms with Crippen LogP contribution >= 0.6 is 11.6 Å². The Kier molecular flexibility index (Phi) is 5.25. The number of ether oxygens (including phenoxy) is 1. The maximum absolute atomic E-state index is 13.4. The van der Waals surface area contributed by atoms with E-state index in [4.69, 9.17) is 16.3 Å². The minimum Gasteiger partial charge on any atom is -0.451 e. The van der Waals surface area contributed by atoms with Crippen molar-refractivity contribution in [3.8, 4) is 0 Å². The molecule has 124 valence electrons. The predicted molar refractivity (Wildman–Crippen MR) is 83.7 cm³/mol. The molecule has 1 atom stereocenters. The fourth-order valence-electron chi connectivity index (χ4n) is 1.93. The van der Waals surface area contributed by atoms with Crippen LogP contribution in [0.25, 0.3) is 0 Å². The Morgan fingerprint density at radius 1 is 1.17 bits per heavy atom. The average molecular weight is 352 g/mol. The summed E-state index contributed by atoms with van der Waals surface area (Å²) < 4.78 is 18.3. The summed E-state index contributed by atoms with van der Waals surface area (Å²) in [4.78, 5) is 34.0. The van der Waals surface area contributed by atoms with E-state index in [-0.39, 0.29) is 11.1 Å². The molecule has 0 radical (unpaired) electrons. The van der Waals surface area contributed by atoms with Gasteiger partial charge in [-0.25, -0.2) is 9.18 Å². The number of ketones is 1. The van der Waals surface area contributed by atoms with Crippen molar-refractivity contribution >= 4 is 29.0 Å². The number of benzene rings is 2. The molecule has 0 fully saturated rings. The quantitative estimate of drug-likeness (QED) is 0.354. The number of carbonyl (C=O) groups is 2. The molecule has 0 amide bonds. The van der Waals surface area contributed by atoms with E-state index in [1.807, 2.05) is 0 Å². The summed E-state index contributed by atoms with van der Waals surface area (Å²) in [5, 5.41) is 11.1. The van der Waals surface area contributed by atoms with Crippen LogP contribution < -0.4 is 0 Å². The second-order valence-corrected chi connectivity index (χ2v) is 5.31. The molecule has 0 heterocycles. The highest BCUT2D eigenvalue weighted by molar-refractivity contribution is 6.30. The van der Waals surface area contributed by atoms with Crippen LogP contribution in [0.15, 0.2) is 42.5 Å². The van der Waals surface area contributed by atoms with Crippen molar-refractivity contribution in [1.29, 1.82) is 0 Å². The molecule has 0 saturated carbocycles. The number of nitro benzene ring substituents is 1. The first-order valence-corrected chi connectivity index (χ1v) is 7.11. The van der Waals surface area contributed by atoms with Crippen LogP contribution in [0.3, 0.4) is 0 Å². The molecule has 1 unspecified atom stereocenters. The van der Waals surface area contributed by atoms with Crippen molar-refractivity contribution in [3.63, 3.8) is 0 Å². The van der Waals surface area contributed by atoms with Crippen LogP contribution in [0, 0.1) is 15.9 Å². The van der Waals surface area contributed by atoms with Crippen molar-refractivity contribution in [1.82, 2.24) is 0 Å². The number of non-ortho nitro benzene ring substituents is 1. The average Bonchev–Trinajstić information content (AvgIpc) is 2.54. The molecule has 0 saturated heterocycles. The highest BCUT2D eigenvalue weighted by atomic mass is 35.5. The Bertz CT molecular complexity index is 807. The molecule has 0 aliphatic heterocycles. The van der Waals surface area contributed by atoms with Crippen LogP contribution in [-0.2, 0) is 4.74 Å². The standard InChI is InChI=1S/C16H11ClFNO5/c1-9(15(20)10-2-4-12(17)5-3-10)24-16(21)11-6-13(18)8-14(7-11)19(22)23/h2-9H,1H3. The molecule has 6 nitrogen and oxygen atoms in total. The largest absolute Gasteiger partial charge is 0.451 e. The number of rotatable bonds is 5. The van der Waals surface area contributed by atoms with Crippen LogP contribution in [0.4, 0.5) is 10.1 Å². The van der Waals surface area contributed by atoms with E-state index >= 15 is 0 Å². The maximum Gasteiger partial charge on any atom is 0.339 e. The molecule has 0 aliphatic rings. The van der Waals surface area contributed by atoms with Gasteiger partial charge in [0.15, 0.2) is 6.10 Å². The molecule has 2 rings (SSSR count). The molecule has 0 spiro atoms. The van der Waals surface area contributed by atoms with E-state index in [1.165, 1.54) is 31.2 Å². The third kappa shape index (κ3) is 4.14. The fraction of sp³-hybridized carbons (Fsp3) is 0.125. The fourth-order valence-corrected chi connectivity index (χ4v) is 2.05. The van der Waals surface area contributed by atoms with Gasteiger partial charge in [-0.05, 0) is 37.3 Å². The Hall–Kier alpha value is -2.80. The normalized spacial score (nSPS) is 11.6. The zero-order chi connectivity index (χ0) is 17.9. The van der Waals surface area contributed by atoms with Gasteiger partial charge in [0, 0.05) is 16.7 Å². The molecule has 2 aromatic carbocycles. The monoisotopic (exact) mass is 351 g/mol. The molecule has 0 aromatic heterocycles. The van der Waals surface area contributed by atoms with Gasteiger partial charge in [-0.3, -0.25) is 14.9 Å². The van der Waals surface area contributed by atoms with E-state index < -0.39 is 34.3 Å². The summed E-state index contributed by atoms with van der Waals surface area (Å²) in [6.45, 7) is 1.35. The number of esters is 1. The minimum atomic E-state index is -1.15. The first-order valence-electron chi connectivity index (χ1n) is 6.73. The lowest BCUT2D eigenvalue weighted by Gasteiger charge is -2.12. The van der Waals surface area contributed by atoms with Crippen molar-refractivity contribution in [2.45, 2.75) is 13.0 Å². The Labute approximate surface area is 141 Å². The number of nitrogens with zero attached hydrogens (tertiary/aromatic N) is 1. The van der Waals surface area contributed by atoms with Gasteiger partial charge in [-0.15, -0.1) is 0 Å². The van der Waals surface area contributed by atoms with E-state index in [2.05, 4.69) is 0 Å². The molecule has 0 N–H and O–H groups in total. The Balaban J connectivity index is 2.15. The third-order valence-electron chi connectivity index (χ3n) is 3.11. The van der Waals surface area contributed by atoms with Crippen molar-refractivity contribution in [3.05, 3.63) is 74.5 Å². The molecule has 0 aliphatic carbocycles. The van der Waals surface area contributed by atoms with Gasteiger partial charge in [0.25, 0.3) is 5.69 Å². The van der Waals surface area contributed by atoms with Crippen LogP contribution in [0.1, 0.15) is 27.6 Å². The van der Waals surface area contributed by atoms with E-state index in [1.54, 1.807) is 0 Å². The zero-order valence-corrected chi connectivity index (χ0v) is 13.1. The summed E-state index contributed by atoms with van der Waals surface area (Å²) in [5.41, 5.74) is -0.652. The molecule has 8 heteroatoms. The second-order valence-electron chi connectivity index (χ2n) is 4.87. The summed E-state index contributed by atoms with van der Waals surface area (Å²) in [5.74, 6) is -2.47. The van der Waals surface area contributed by atoms with Gasteiger partial charge in [0.05, 0.1) is 16.6 Å². The summed E-state index contributed by atoms with van der Waals surface area (Å²) in [6.07, 6.45) is -1.15. The van der Waals surface area contributed by atoms with Gasteiger partial charge in [0.1, 0.15) is 5.82 Å². The number of hydrogen-bond donors (Lipinski definition) is 0. The number of halogens is 2. The zero-order valence-electron chi connectivity index (χ0n) is 12.4. The van der Waals surface area contributed by atoms with Crippen molar-refractivity contribution < 1.29 is 23.6 Å². The summed E-state index contributed by atoms with van der Waals surface area (Å²) >= 11 is 5.73. The van der Waals surface area contributed by atoms with E-state index in [0.717, 1.165) is 12.1 Å². The highest BCUT2D eigenvalue weighted by Crippen LogP contribution is 2.18. The van der Waals surface area contributed by atoms with Gasteiger partial charge < -0.3 is 4.74 Å². The summed E-state index contributed by atoms with van der Waals surface area (Å²) in [7, 11) is 0.